The van der Waals surface area contributed by atoms with Gasteiger partial charge in [0.05, 0.1) is 12.6 Å². The van der Waals surface area contributed by atoms with E-state index in [-0.39, 0.29) is 25.4 Å². The van der Waals surface area contributed by atoms with E-state index >= 15 is 0 Å². The Balaban J connectivity index is 0.00000450. The van der Waals surface area contributed by atoms with Crippen molar-refractivity contribution in [3.05, 3.63) is 35.9 Å². The number of amides is 3. The lowest BCUT2D eigenvalue weighted by molar-refractivity contribution is -0.147. The van der Waals surface area contributed by atoms with E-state index in [9.17, 15) is 24.3 Å². The van der Waals surface area contributed by atoms with Gasteiger partial charge < -0.3 is 14.7 Å². The van der Waals surface area contributed by atoms with Gasteiger partial charge in [0.15, 0.2) is 6.04 Å². The molecule has 10 heteroatoms. The lowest BCUT2D eigenvalue weighted by Crippen LogP contribution is -2.53. The van der Waals surface area contributed by atoms with Crippen LogP contribution in [0, 0.1) is 0 Å². The number of imide groups is 1. The lowest BCUT2D eigenvalue weighted by Gasteiger charge is -2.26. The molecule has 1 fully saturated rings. The molecule has 1 saturated heterocycles. The van der Waals surface area contributed by atoms with E-state index < -0.39 is 36.2 Å². The molecule has 0 bridgehead atoms. The summed E-state index contributed by atoms with van der Waals surface area (Å²) in [6.45, 7) is 3.54. The summed E-state index contributed by atoms with van der Waals surface area (Å²) in [6.07, 6.45) is -0.552. The summed E-state index contributed by atoms with van der Waals surface area (Å²) < 4.78 is 5.61. The fourth-order valence-electron chi connectivity index (χ4n) is 3.14. The van der Waals surface area contributed by atoms with Crippen molar-refractivity contribution in [3.63, 3.8) is 0 Å². The van der Waals surface area contributed by atoms with Gasteiger partial charge in [0.1, 0.15) is 12.2 Å². The van der Waals surface area contributed by atoms with Crippen LogP contribution in [0.5, 0.6) is 0 Å². The Labute approximate surface area is 181 Å². The first kappa shape index (κ1) is 25.3. The van der Waals surface area contributed by atoms with Gasteiger partial charge in [0.25, 0.3) is 0 Å². The lowest BCUT2D eigenvalue weighted by atomic mass is 10.0. The predicted octanol–water partition coefficient (Wildman–Crippen LogP) is 1.40. The highest BCUT2D eigenvalue weighted by atomic mass is 35.5. The number of hydrogen-bond acceptors (Lipinski definition) is 6. The monoisotopic (exact) mass is 439 g/mol. The molecule has 0 spiro atoms. The number of halogens is 1. The Morgan fingerprint density at radius 3 is 2.50 bits per heavy atom. The molecule has 1 aromatic carbocycles. The van der Waals surface area contributed by atoms with Crippen molar-refractivity contribution >= 4 is 41.8 Å². The molecule has 0 aromatic heterocycles. The minimum atomic E-state index is -1.25. The summed E-state index contributed by atoms with van der Waals surface area (Å²) in [5.74, 6) is -0.0110. The van der Waals surface area contributed by atoms with Crippen molar-refractivity contribution in [2.45, 2.75) is 38.6 Å². The SMILES string of the molecule is CCO[C@@H](CC(=C=O)c1ccccc1)N[C@@H](C)C(=O)N1C(=O)N(C)C[C@H]1C(=O)O.Cl. The summed E-state index contributed by atoms with van der Waals surface area (Å²) in [7, 11) is 1.44. The molecule has 2 rings (SSSR count). The second kappa shape index (κ2) is 11.5. The van der Waals surface area contributed by atoms with Gasteiger partial charge in [-0.25, -0.2) is 19.3 Å². The molecule has 1 aliphatic rings. The minimum Gasteiger partial charge on any atom is -0.480 e. The van der Waals surface area contributed by atoms with Crippen LogP contribution in [0.3, 0.4) is 0 Å². The number of benzene rings is 1. The molecule has 164 valence electrons. The Kier molecular flexibility index (Phi) is 9.68. The number of aliphatic carboxylic acids is 1. The van der Waals surface area contributed by atoms with Crippen LogP contribution in [0.2, 0.25) is 0 Å². The maximum Gasteiger partial charge on any atom is 0.328 e. The van der Waals surface area contributed by atoms with Crippen molar-refractivity contribution in [1.82, 2.24) is 15.1 Å². The van der Waals surface area contributed by atoms with Crippen LogP contribution in [0.4, 0.5) is 4.79 Å². The number of carbonyl (C=O) groups is 3. The van der Waals surface area contributed by atoms with E-state index in [1.165, 1.54) is 18.9 Å². The minimum absolute atomic E-state index is 0. The Hall–Kier alpha value is -2.71. The summed E-state index contributed by atoms with van der Waals surface area (Å²) in [4.78, 5) is 49.8. The van der Waals surface area contributed by atoms with Gasteiger partial charge >= 0.3 is 12.0 Å². The molecule has 3 amide bonds. The van der Waals surface area contributed by atoms with Crippen LogP contribution >= 0.6 is 12.4 Å². The average molecular weight is 440 g/mol. The number of carboxylic acid groups (broad SMARTS) is 1. The van der Waals surface area contributed by atoms with Crippen molar-refractivity contribution in [1.29, 1.82) is 0 Å². The van der Waals surface area contributed by atoms with Gasteiger partial charge in [-0.3, -0.25) is 10.1 Å². The number of hydrogen-bond donors (Lipinski definition) is 2. The smallest absolute Gasteiger partial charge is 0.328 e. The third kappa shape index (κ3) is 5.90. The van der Waals surface area contributed by atoms with E-state index in [0.717, 1.165) is 4.90 Å². The van der Waals surface area contributed by atoms with Crippen molar-refractivity contribution < 1.29 is 29.0 Å². The first-order valence-corrected chi connectivity index (χ1v) is 9.28. The second-order valence-corrected chi connectivity index (χ2v) is 6.71. The van der Waals surface area contributed by atoms with E-state index in [2.05, 4.69) is 5.32 Å². The molecular weight excluding hydrogens is 414 g/mol. The molecule has 0 radical (unpaired) electrons. The first-order valence-electron chi connectivity index (χ1n) is 9.28. The third-order valence-electron chi connectivity index (χ3n) is 4.62. The number of ether oxygens (including phenoxy) is 1. The standard InChI is InChI=1S/C20H25N3O6.ClH/c1-4-29-17(10-15(12-24)14-8-6-5-7-9-14)21-13(2)18(25)23-16(19(26)27)11-22(3)20(23)28;/h5-9,13,16-17,21H,4,10-11H2,1-3H3,(H,26,27);1H/t13-,16-,17-;/m0./s1. The average Bonchev–Trinajstić information content (AvgIpc) is 3.01. The summed E-state index contributed by atoms with van der Waals surface area (Å²) in [5.41, 5.74) is 1.06. The van der Waals surface area contributed by atoms with Crippen LogP contribution in [0.25, 0.3) is 5.57 Å². The van der Waals surface area contributed by atoms with Gasteiger partial charge in [0, 0.05) is 25.6 Å². The van der Waals surface area contributed by atoms with Crippen LogP contribution in [0.1, 0.15) is 25.8 Å². The molecule has 30 heavy (non-hydrogen) atoms. The van der Waals surface area contributed by atoms with Crippen LogP contribution in [0.15, 0.2) is 30.3 Å². The van der Waals surface area contributed by atoms with Gasteiger partial charge in [-0.1, -0.05) is 30.3 Å². The van der Waals surface area contributed by atoms with Crippen molar-refractivity contribution in [2.24, 2.45) is 0 Å². The molecule has 1 aliphatic heterocycles. The molecular formula is C20H26ClN3O6. The molecule has 0 saturated carbocycles. The maximum atomic E-state index is 12.8. The van der Waals surface area contributed by atoms with E-state index in [0.29, 0.717) is 17.7 Å². The number of likely N-dealkylation sites (N-methyl/N-ethyl adjacent to an activating group) is 1. The van der Waals surface area contributed by atoms with Crippen molar-refractivity contribution in [3.8, 4) is 0 Å². The number of carbonyl (C=O) groups excluding carboxylic acids is 3. The topological polar surface area (TPSA) is 116 Å². The zero-order chi connectivity index (χ0) is 21.6. The first-order chi connectivity index (χ1) is 13.8. The fraction of sp³-hybridized carbons (Fsp3) is 0.450. The number of rotatable bonds is 9. The predicted molar refractivity (Wildman–Crippen MR) is 112 cm³/mol. The quantitative estimate of drug-likeness (QED) is 0.441. The molecule has 3 atom stereocenters. The summed E-state index contributed by atoms with van der Waals surface area (Å²) in [5, 5.41) is 12.3. The fourth-order valence-corrected chi connectivity index (χ4v) is 3.14. The molecule has 1 aromatic rings. The van der Waals surface area contributed by atoms with Crippen LogP contribution < -0.4 is 5.32 Å². The van der Waals surface area contributed by atoms with Crippen molar-refractivity contribution in [2.75, 3.05) is 20.2 Å². The number of nitrogens with one attached hydrogen (secondary N) is 1. The molecule has 9 nitrogen and oxygen atoms in total. The highest BCUT2D eigenvalue weighted by Crippen LogP contribution is 2.19. The normalized spacial score (nSPS) is 17.7. The highest BCUT2D eigenvalue weighted by Gasteiger charge is 2.45. The second-order valence-electron chi connectivity index (χ2n) is 6.71. The Morgan fingerprint density at radius 2 is 1.97 bits per heavy atom. The maximum absolute atomic E-state index is 12.8. The zero-order valence-corrected chi connectivity index (χ0v) is 17.8. The van der Waals surface area contributed by atoms with Gasteiger partial charge in [-0.15, -0.1) is 12.4 Å². The van der Waals surface area contributed by atoms with Gasteiger partial charge in [-0.2, -0.15) is 0 Å². The molecule has 1 heterocycles. The van der Waals surface area contributed by atoms with Gasteiger partial charge in [0.2, 0.25) is 5.91 Å². The largest absolute Gasteiger partial charge is 0.480 e. The van der Waals surface area contributed by atoms with Gasteiger partial charge in [-0.05, 0) is 19.4 Å². The van der Waals surface area contributed by atoms with E-state index in [1.54, 1.807) is 31.2 Å². The Morgan fingerprint density at radius 1 is 1.33 bits per heavy atom. The number of carboxylic acids is 1. The van der Waals surface area contributed by atoms with Crippen LogP contribution in [-0.2, 0) is 19.1 Å². The number of nitrogens with zero attached hydrogens (tertiary/aromatic N) is 2. The van der Waals surface area contributed by atoms with E-state index in [1.807, 2.05) is 12.0 Å². The van der Waals surface area contributed by atoms with Crippen LogP contribution in [-0.4, -0.2) is 77.3 Å². The summed E-state index contributed by atoms with van der Waals surface area (Å²) >= 11 is 0. The Bertz CT molecular complexity index is 812. The highest BCUT2D eigenvalue weighted by molar-refractivity contribution is 6.02. The zero-order valence-electron chi connectivity index (χ0n) is 17.0. The summed E-state index contributed by atoms with van der Waals surface area (Å²) in [6, 6.07) is 6.14. The third-order valence-corrected chi connectivity index (χ3v) is 4.62. The van der Waals surface area contributed by atoms with E-state index in [4.69, 9.17) is 4.74 Å². The molecule has 0 aliphatic carbocycles. The molecule has 2 N–H and O–H groups in total. The number of urea groups is 1. The molecule has 0 unspecified atom stereocenters.